The summed E-state index contributed by atoms with van der Waals surface area (Å²) in [6.45, 7) is 0.453. The number of aromatic nitrogens is 4. The van der Waals surface area contributed by atoms with E-state index >= 15 is 0 Å². The summed E-state index contributed by atoms with van der Waals surface area (Å²) in [4.78, 5) is 0. The highest BCUT2D eigenvalue weighted by Crippen LogP contribution is 2.38. The van der Waals surface area contributed by atoms with E-state index in [0.717, 1.165) is 54.2 Å². The number of benzene rings is 6. The number of para-hydroxylation sites is 1. The maximum absolute atomic E-state index is 5.12. The number of allylic oxidation sites excluding steroid dienone is 5. The molecule has 0 spiro atoms. The molecule has 4 nitrogen and oxygen atoms in total. The third-order valence-corrected chi connectivity index (χ3v) is 12.6. The van der Waals surface area contributed by atoms with Gasteiger partial charge >= 0.3 is 0 Å². The fourth-order valence-electron chi connectivity index (χ4n) is 10.2. The first-order valence-electron chi connectivity index (χ1n) is 19.9. The van der Waals surface area contributed by atoms with Crippen LogP contribution in [0.4, 0.5) is 0 Å². The Morgan fingerprint density at radius 3 is 2.07 bits per heavy atom. The van der Waals surface area contributed by atoms with E-state index in [4.69, 9.17) is 10.2 Å². The zero-order chi connectivity index (χ0) is 36.7. The van der Waals surface area contributed by atoms with Crippen LogP contribution in [0.3, 0.4) is 0 Å². The third kappa shape index (κ3) is 4.62. The molecule has 2 aliphatic carbocycles. The molecule has 4 aliphatic rings. The molecule has 0 fully saturated rings. The molecule has 0 saturated carbocycles. The molecule has 2 aromatic heterocycles. The average Bonchev–Trinajstić information content (AvgIpc) is 4.02. The van der Waals surface area contributed by atoms with Crippen LogP contribution in [0.5, 0.6) is 0 Å². The van der Waals surface area contributed by atoms with Crippen LogP contribution in [0.25, 0.3) is 62.3 Å². The number of hydrogen-bond donors (Lipinski definition) is 0. The molecule has 0 unspecified atom stereocenters. The Bertz CT molecular complexity index is 3000. The molecule has 6 heteroatoms. The van der Waals surface area contributed by atoms with Crippen molar-refractivity contribution >= 4 is 57.7 Å². The van der Waals surface area contributed by atoms with Gasteiger partial charge in [0.25, 0.3) is 0 Å². The molecule has 4 heterocycles. The molecule has 6 aromatic carbocycles. The van der Waals surface area contributed by atoms with Crippen LogP contribution in [0.2, 0.25) is 0 Å². The van der Waals surface area contributed by atoms with Crippen LogP contribution in [0, 0.1) is 0 Å². The van der Waals surface area contributed by atoms with Gasteiger partial charge in [0, 0.05) is 10.9 Å². The summed E-state index contributed by atoms with van der Waals surface area (Å²) in [6.07, 6.45) is 15.6. The molecular formula is C50H36B2N4. The lowest BCUT2D eigenvalue weighted by Crippen LogP contribution is -2.48. The van der Waals surface area contributed by atoms with Gasteiger partial charge in [-0.2, -0.15) is 0 Å². The predicted molar refractivity (Wildman–Crippen MR) is 234 cm³/mol. The second kappa shape index (κ2) is 12.4. The van der Waals surface area contributed by atoms with E-state index in [1.165, 1.54) is 71.7 Å². The van der Waals surface area contributed by atoms with E-state index < -0.39 is 0 Å². The van der Waals surface area contributed by atoms with Crippen LogP contribution in [0.1, 0.15) is 30.5 Å². The van der Waals surface area contributed by atoms with E-state index in [1.54, 1.807) is 0 Å². The van der Waals surface area contributed by atoms with E-state index in [-0.39, 0.29) is 13.4 Å². The number of hydrogen-bond acceptors (Lipinski definition) is 2. The van der Waals surface area contributed by atoms with E-state index in [2.05, 4.69) is 179 Å². The molecule has 0 amide bonds. The lowest BCUT2D eigenvalue weighted by atomic mass is 9.37. The van der Waals surface area contributed by atoms with Crippen molar-refractivity contribution in [2.45, 2.75) is 25.7 Å². The number of nitrogens with zero attached hydrogens (tertiary/aromatic N) is 4. The van der Waals surface area contributed by atoms with Crippen LogP contribution in [0.15, 0.2) is 169 Å². The van der Waals surface area contributed by atoms with Crippen molar-refractivity contribution in [1.82, 2.24) is 19.3 Å². The minimum Gasteiger partial charge on any atom is -0.278 e. The van der Waals surface area contributed by atoms with Crippen molar-refractivity contribution < 1.29 is 0 Å². The molecule has 0 N–H and O–H groups in total. The Labute approximate surface area is 327 Å². The van der Waals surface area contributed by atoms with Crippen LogP contribution in [-0.2, 0) is 6.42 Å². The summed E-state index contributed by atoms with van der Waals surface area (Å²) in [5.74, 6) is 1.63. The van der Waals surface area contributed by atoms with Crippen LogP contribution in [-0.4, -0.2) is 32.8 Å². The molecule has 0 bridgehead atoms. The standard InChI is InChI=1S/C50H36B2N4/c1-3-15-34(16-4-1)51-43-23-11-7-19-37(43)41-31-33(27-29-45(41)51)49-53-54-50(56-47-25-13-9-21-39(47)40-22-10-14-26-48(40)56)55(49)36-28-30-46-42(32-36)38-20-8-12-24-44(38)52(46)35-17-5-2-6-18-35/h1-3,5-9,11-15,17-21,23-32H,4,10,16,22H2. The highest BCUT2D eigenvalue weighted by molar-refractivity contribution is 6.99. The van der Waals surface area contributed by atoms with E-state index in [0.29, 0.717) is 0 Å². The molecular weight excluding hydrogens is 678 g/mol. The van der Waals surface area contributed by atoms with E-state index in [1.807, 2.05) is 0 Å². The Balaban J connectivity index is 1.10. The molecule has 0 saturated heterocycles. The van der Waals surface area contributed by atoms with Gasteiger partial charge in [-0.25, -0.2) is 0 Å². The average molecular weight is 714 g/mol. The molecule has 8 aromatic rings. The molecule has 0 atom stereocenters. The summed E-state index contributed by atoms with van der Waals surface area (Å²) in [5, 5.41) is 11.5. The zero-order valence-corrected chi connectivity index (χ0v) is 30.9. The van der Waals surface area contributed by atoms with Crippen molar-refractivity contribution in [3.8, 4) is 45.3 Å². The van der Waals surface area contributed by atoms with Gasteiger partial charge < -0.3 is 0 Å². The minimum absolute atomic E-state index is 0.182. The van der Waals surface area contributed by atoms with Gasteiger partial charge in [-0.1, -0.05) is 172 Å². The second-order valence-electron chi connectivity index (χ2n) is 15.5. The van der Waals surface area contributed by atoms with Crippen molar-refractivity contribution in [2.75, 3.05) is 0 Å². The first-order valence-corrected chi connectivity index (χ1v) is 19.9. The number of rotatable bonds is 5. The van der Waals surface area contributed by atoms with Gasteiger partial charge in [0.05, 0.1) is 16.9 Å². The summed E-state index contributed by atoms with van der Waals surface area (Å²) in [5.41, 5.74) is 19.2. The smallest absolute Gasteiger partial charge is 0.242 e. The van der Waals surface area contributed by atoms with Gasteiger partial charge in [-0.15, -0.1) is 10.2 Å². The summed E-state index contributed by atoms with van der Waals surface area (Å²) in [7, 11) is 0. The summed E-state index contributed by atoms with van der Waals surface area (Å²) >= 11 is 0. The second-order valence-corrected chi connectivity index (χ2v) is 15.5. The van der Waals surface area contributed by atoms with Gasteiger partial charge in [0.1, 0.15) is 0 Å². The van der Waals surface area contributed by atoms with Gasteiger partial charge in [-0.05, 0) is 83.8 Å². The topological polar surface area (TPSA) is 35.6 Å². The van der Waals surface area contributed by atoms with Crippen molar-refractivity contribution in [3.05, 3.63) is 181 Å². The third-order valence-electron chi connectivity index (χ3n) is 12.6. The number of aryl methyl sites for hydroxylation is 1. The van der Waals surface area contributed by atoms with Crippen LogP contribution >= 0.6 is 0 Å². The van der Waals surface area contributed by atoms with Gasteiger partial charge in [0.15, 0.2) is 5.82 Å². The molecule has 2 aliphatic heterocycles. The summed E-state index contributed by atoms with van der Waals surface area (Å²) < 4.78 is 4.65. The monoisotopic (exact) mass is 714 g/mol. The maximum atomic E-state index is 5.12. The number of fused-ring (bicyclic) bond motifs is 9. The largest absolute Gasteiger partial charge is 0.278 e. The normalized spacial score (nSPS) is 14.8. The molecule has 0 radical (unpaired) electrons. The lowest BCUT2D eigenvalue weighted by Gasteiger charge is -2.17. The fraction of sp³-hybridized carbons (Fsp3) is 0.0800. The Morgan fingerprint density at radius 2 is 1.23 bits per heavy atom. The first kappa shape index (κ1) is 31.7. The highest BCUT2D eigenvalue weighted by Gasteiger charge is 2.36. The maximum Gasteiger partial charge on any atom is 0.242 e. The molecule has 262 valence electrons. The van der Waals surface area contributed by atoms with Gasteiger partial charge in [0.2, 0.25) is 19.4 Å². The SMILES string of the molecule is C1=CCCC(B2c3ccccc3-c3cc(-c4nnc(-n5c6c(c7ccccc75)CCC=C6)n4-c4ccc5c(c4)-c4ccccc4B5c4ccccc4)ccc32)=C1. The Hall–Kier alpha value is -6.65. The highest BCUT2D eigenvalue weighted by atomic mass is 15.4. The lowest BCUT2D eigenvalue weighted by molar-refractivity contribution is 0.886. The minimum atomic E-state index is 0.182. The molecule has 12 rings (SSSR count). The van der Waals surface area contributed by atoms with Crippen molar-refractivity contribution in [2.24, 2.45) is 0 Å². The van der Waals surface area contributed by atoms with Gasteiger partial charge in [-0.3, -0.25) is 9.13 Å². The van der Waals surface area contributed by atoms with Crippen molar-refractivity contribution in [1.29, 1.82) is 0 Å². The van der Waals surface area contributed by atoms with E-state index in [9.17, 15) is 0 Å². The first-order chi connectivity index (χ1) is 27.8. The van der Waals surface area contributed by atoms with Crippen molar-refractivity contribution in [3.63, 3.8) is 0 Å². The predicted octanol–water partition coefficient (Wildman–Crippen LogP) is 7.74. The van der Waals surface area contributed by atoms with Crippen LogP contribution < -0.4 is 27.3 Å². The fourth-order valence-corrected chi connectivity index (χ4v) is 10.2. The Morgan fingerprint density at radius 1 is 0.536 bits per heavy atom. The quantitative estimate of drug-likeness (QED) is 0.171. The summed E-state index contributed by atoms with van der Waals surface area (Å²) in [6, 6.07) is 51.6. The zero-order valence-electron chi connectivity index (χ0n) is 30.9. The Kier molecular flexibility index (Phi) is 7.04. The molecule has 56 heavy (non-hydrogen) atoms.